The van der Waals surface area contributed by atoms with Crippen LogP contribution in [-0.2, 0) is 26.2 Å². The summed E-state index contributed by atoms with van der Waals surface area (Å²) in [5.74, 6) is 0.872. The Morgan fingerprint density at radius 1 is 0.576 bits per heavy atom. The average molecular weight is 473 g/mol. The van der Waals surface area contributed by atoms with Crippen molar-refractivity contribution in [2.45, 2.75) is 105 Å². The van der Waals surface area contributed by atoms with E-state index in [1.807, 2.05) is 0 Å². The third-order valence-corrected chi connectivity index (χ3v) is 7.06. The molecule has 0 aliphatic carbocycles. The molecule has 0 aromatic heterocycles. The van der Waals surface area contributed by atoms with Crippen LogP contribution in [0.15, 0.2) is 24.3 Å². The third kappa shape index (κ3) is 5.17. The maximum atomic E-state index is 13.2. The first kappa shape index (κ1) is 25.8. The van der Waals surface area contributed by atoms with Gasteiger partial charge in [0.05, 0.1) is 0 Å². The Morgan fingerprint density at radius 3 is 1.12 bits per heavy atom. The van der Waals surface area contributed by atoms with Gasteiger partial charge in [-0.2, -0.15) is 0 Å². The van der Waals surface area contributed by atoms with E-state index in [1.54, 1.807) is 0 Å². The van der Waals surface area contributed by atoms with Crippen LogP contribution in [0.25, 0.3) is 11.1 Å². The zero-order chi connectivity index (χ0) is 25.4. The molecule has 0 fully saturated rings. The average Bonchev–Trinajstić information content (AvgIpc) is 2.68. The minimum absolute atomic E-state index is 0.111. The molecular weight excluding hydrogens is 431 g/mol. The van der Waals surface area contributed by atoms with Gasteiger partial charge in [-0.1, -0.05) is 95.2 Å². The molecule has 2 aromatic rings. The Hall–Kier alpha value is -1.77. The molecule has 0 saturated heterocycles. The van der Waals surface area contributed by atoms with Crippen LogP contribution in [-0.4, -0.2) is 4.89 Å². The summed E-state index contributed by atoms with van der Waals surface area (Å²) >= 11 is 0. The van der Waals surface area contributed by atoms with E-state index in [9.17, 15) is 9.46 Å². The van der Waals surface area contributed by atoms with Gasteiger partial charge in [0.2, 0.25) is 0 Å². The van der Waals surface area contributed by atoms with Gasteiger partial charge in [0.25, 0.3) is 0 Å². The molecule has 0 amide bonds. The SMILES string of the molecule is CC(C)(C)c1cc2c(c(C(C)(C)C)c1)OP(=O)(O)Oc1c-2cc(C(C)(C)C)cc1C(C)(C)C. The van der Waals surface area contributed by atoms with Gasteiger partial charge < -0.3 is 9.05 Å². The summed E-state index contributed by atoms with van der Waals surface area (Å²) in [6, 6.07) is 8.44. The molecule has 0 radical (unpaired) electrons. The molecule has 1 heterocycles. The number of hydrogen-bond acceptors (Lipinski definition) is 3. The summed E-state index contributed by atoms with van der Waals surface area (Å²) in [4.78, 5) is 10.8. The van der Waals surface area contributed by atoms with Crippen LogP contribution in [0.1, 0.15) is 105 Å². The van der Waals surface area contributed by atoms with Gasteiger partial charge in [-0.05, 0) is 44.9 Å². The topological polar surface area (TPSA) is 55.8 Å². The summed E-state index contributed by atoms with van der Waals surface area (Å²) in [6.45, 7) is 25.7. The van der Waals surface area contributed by atoms with Crippen LogP contribution >= 0.6 is 7.82 Å². The van der Waals surface area contributed by atoms with E-state index in [2.05, 4.69) is 107 Å². The molecule has 182 valence electrons. The number of rotatable bonds is 0. The Balaban J connectivity index is 2.59. The second kappa shape index (κ2) is 7.62. The number of phosphoric acid groups is 1. The lowest BCUT2D eigenvalue weighted by Gasteiger charge is -2.30. The zero-order valence-corrected chi connectivity index (χ0v) is 23.3. The smallest absolute Gasteiger partial charge is 0.394 e. The molecule has 0 atom stereocenters. The number of phosphoric ester groups is 1. The Kier molecular flexibility index (Phi) is 5.97. The van der Waals surface area contributed by atoms with Crippen molar-refractivity contribution < 1.29 is 18.5 Å². The molecule has 5 heteroatoms. The largest absolute Gasteiger partial charge is 0.584 e. The van der Waals surface area contributed by atoms with Gasteiger partial charge in [-0.25, -0.2) is 4.57 Å². The lowest BCUT2D eigenvalue weighted by atomic mass is 9.75. The highest BCUT2D eigenvalue weighted by Gasteiger charge is 2.40. The molecule has 33 heavy (non-hydrogen) atoms. The number of fused-ring (bicyclic) bond motifs is 3. The van der Waals surface area contributed by atoms with Gasteiger partial charge in [-0.15, -0.1) is 0 Å². The Bertz CT molecular complexity index is 1050. The Labute approximate surface area is 200 Å². The van der Waals surface area contributed by atoms with Crippen molar-refractivity contribution in [3.63, 3.8) is 0 Å². The van der Waals surface area contributed by atoms with E-state index in [0.29, 0.717) is 11.5 Å². The van der Waals surface area contributed by atoms with Crippen molar-refractivity contribution in [2.75, 3.05) is 0 Å². The van der Waals surface area contributed by atoms with E-state index in [-0.39, 0.29) is 21.7 Å². The normalized spacial score (nSPS) is 16.3. The minimum atomic E-state index is -4.40. The molecule has 4 nitrogen and oxygen atoms in total. The van der Waals surface area contributed by atoms with Crippen LogP contribution in [0, 0.1) is 0 Å². The molecule has 1 aliphatic rings. The standard InChI is InChI=1S/C28H41O4P/c1-25(2,3)17-13-19-20-14-18(26(4,5)6)16-22(28(10,11)12)24(20)32-33(29,30)31-23(19)21(15-17)27(7,8)9/h13-16H,1-12H3,(H,29,30). The van der Waals surface area contributed by atoms with Gasteiger partial charge in [0.1, 0.15) is 11.5 Å². The quantitative estimate of drug-likeness (QED) is 0.391. The van der Waals surface area contributed by atoms with Gasteiger partial charge >= 0.3 is 7.82 Å². The van der Waals surface area contributed by atoms with Crippen LogP contribution in [0.2, 0.25) is 0 Å². The molecule has 0 bridgehead atoms. The lowest BCUT2D eigenvalue weighted by Crippen LogP contribution is -2.18. The van der Waals surface area contributed by atoms with Crippen LogP contribution in [0.4, 0.5) is 0 Å². The highest BCUT2D eigenvalue weighted by molar-refractivity contribution is 7.48. The molecule has 1 N–H and O–H groups in total. The highest BCUT2D eigenvalue weighted by Crippen LogP contribution is 2.59. The van der Waals surface area contributed by atoms with Crippen molar-refractivity contribution in [2.24, 2.45) is 0 Å². The van der Waals surface area contributed by atoms with Crippen LogP contribution in [0.3, 0.4) is 0 Å². The first-order valence-corrected chi connectivity index (χ1v) is 13.2. The Morgan fingerprint density at radius 2 is 0.879 bits per heavy atom. The van der Waals surface area contributed by atoms with Crippen molar-refractivity contribution in [3.05, 3.63) is 46.5 Å². The molecule has 2 aromatic carbocycles. The maximum absolute atomic E-state index is 13.2. The van der Waals surface area contributed by atoms with Gasteiger partial charge in [0, 0.05) is 22.3 Å². The minimum Gasteiger partial charge on any atom is -0.394 e. The maximum Gasteiger partial charge on any atom is 0.584 e. The lowest BCUT2D eigenvalue weighted by molar-refractivity contribution is 0.289. The highest BCUT2D eigenvalue weighted by atomic mass is 31.2. The summed E-state index contributed by atoms with van der Waals surface area (Å²) in [5, 5.41) is 0. The summed E-state index contributed by atoms with van der Waals surface area (Å²) in [6.07, 6.45) is 0. The van der Waals surface area contributed by atoms with Crippen molar-refractivity contribution in [1.82, 2.24) is 0 Å². The second-order valence-corrected chi connectivity index (χ2v) is 14.8. The monoisotopic (exact) mass is 472 g/mol. The summed E-state index contributed by atoms with van der Waals surface area (Å²) in [7, 11) is -4.40. The number of benzene rings is 2. The summed E-state index contributed by atoms with van der Waals surface area (Å²) in [5.41, 5.74) is 4.89. The van der Waals surface area contributed by atoms with E-state index in [4.69, 9.17) is 9.05 Å². The predicted octanol–water partition coefficient (Wildman–Crippen LogP) is 8.42. The first-order chi connectivity index (χ1) is 14.6. The molecule has 0 saturated carbocycles. The van der Waals surface area contributed by atoms with Crippen molar-refractivity contribution in [3.8, 4) is 22.6 Å². The van der Waals surface area contributed by atoms with Gasteiger partial charge in [0.15, 0.2) is 0 Å². The molecule has 0 unspecified atom stereocenters. The second-order valence-electron chi connectivity index (χ2n) is 13.5. The van der Waals surface area contributed by atoms with Crippen LogP contribution < -0.4 is 9.05 Å². The van der Waals surface area contributed by atoms with E-state index >= 15 is 0 Å². The summed E-state index contributed by atoms with van der Waals surface area (Å²) < 4.78 is 24.9. The number of hydrogen-bond donors (Lipinski definition) is 1. The van der Waals surface area contributed by atoms with E-state index < -0.39 is 7.82 Å². The molecular formula is C28H41O4P. The fourth-order valence-electron chi connectivity index (χ4n) is 4.08. The van der Waals surface area contributed by atoms with Crippen LogP contribution in [0.5, 0.6) is 11.5 Å². The zero-order valence-electron chi connectivity index (χ0n) is 22.4. The van der Waals surface area contributed by atoms with E-state index in [0.717, 1.165) is 33.4 Å². The molecule has 0 spiro atoms. The van der Waals surface area contributed by atoms with Crippen molar-refractivity contribution in [1.29, 1.82) is 0 Å². The van der Waals surface area contributed by atoms with Crippen molar-refractivity contribution >= 4 is 7.82 Å². The molecule has 3 rings (SSSR count). The fourth-order valence-corrected chi connectivity index (χ4v) is 4.98. The van der Waals surface area contributed by atoms with Gasteiger partial charge in [-0.3, -0.25) is 4.89 Å². The predicted molar refractivity (Wildman–Crippen MR) is 138 cm³/mol. The molecule has 1 aliphatic heterocycles. The first-order valence-electron chi connectivity index (χ1n) is 11.7. The third-order valence-electron chi connectivity index (χ3n) is 6.23. The fraction of sp³-hybridized carbons (Fsp3) is 0.571. The van der Waals surface area contributed by atoms with E-state index in [1.165, 1.54) is 0 Å².